The lowest BCUT2D eigenvalue weighted by molar-refractivity contribution is -0.0498. The SMILES string of the molecule is O=C(O)c1noc(-c2ccc(OC(F)F)cc2)n1. The fourth-order valence-electron chi connectivity index (χ4n) is 1.21. The highest BCUT2D eigenvalue weighted by Gasteiger charge is 2.14. The van der Waals surface area contributed by atoms with E-state index in [0.717, 1.165) is 0 Å². The molecule has 2 aromatic rings. The molecule has 0 unspecified atom stereocenters. The van der Waals surface area contributed by atoms with Crippen LogP contribution in [-0.2, 0) is 0 Å². The van der Waals surface area contributed by atoms with Crippen LogP contribution in [0, 0.1) is 0 Å². The number of carbonyl (C=O) groups is 1. The first-order chi connectivity index (χ1) is 8.56. The van der Waals surface area contributed by atoms with Crippen molar-refractivity contribution in [1.29, 1.82) is 0 Å². The van der Waals surface area contributed by atoms with Gasteiger partial charge in [-0.1, -0.05) is 0 Å². The smallest absolute Gasteiger partial charge is 0.387 e. The van der Waals surface area contributed by atoms with Crippen molar-refractivity contribution in [2.75, 3.05) is 0 Å². The van der Waals surface area contributed by atoms with Gasteiger partial charge in [0.1, 0.15) is 5.75 Å². The fourth-order valence-corrected chi connectivity index (χ4v) is 1.21. The number of aromatic nitrogens is 2. The van der Waals surface area contributed by atoms with E-state index < -0.39 is 18.4 Å². The van der Waals surface area contributed by atoms with Crippen LogP contribution in [0.5, 0.6) is 5.75 Å². The quantitative estimate of drug-likeness (QED) is 0.900. The minimum atomic E-state index is -2.90. The second-order valence-corrected chi connectivity index (χ2v) is 3.13. The normalized spacial score (nSPS) is 10.6. The third kappa shape index (κ3) is 2.59. The lowest BCUT2D eigenvalue weighted by atomic mass is 10.2. The number of rotatable bonds is 4. The molecule has 0 atom stereocenters. The van der Waals surface area contributed by atoms with Crippen LogP contribution in [0.2, 0.25) is 0 Å². The number of benzene rings is 1. The van der Waals surface area contributed by atoms with Crippen LogP contribution in [0.4, 0.5) is 8.78 Å². The summed E-state index contributed by atoms with van der Waals surface area (Å²) in [5.74, 6) is -1.83. The predicted octanol–water partition coefficient (Wildman–Crippen LogP) is 2.04. The summed E-state index contributed by atoms with van der Waals surface area (Å²) in [6, 6.07) is 5.37. The standard InChI is InChI=1S/C10H6F2N2O4/c11-10(12)17-6-3-1-5(2-4-6)8-13-7(9(15)16)14-18-8/h1-4,10H,(H,15,16). The van der Waals surface area contributed by atoms with Crippen molar-refractivity contribution in [3.05, 3.63) is 30.1 Å². The third-order valence-corrected chi connectivity index (χ3v) is 1.94. The first-order valence-electron chi connectivity index (χ1n) is 4.68. The first kappa shape index (κ1) is 12.0. The van der Waals surface area contributed by atoms with Gasteiger partial charge in [-0.2, -0.15) is 13.8 Å². The van der Waals surface area contributed by atoms with Gasteiger partial charge in [-0.3, -0.25) is 0 Å². The number of alkyl halides is 2. The molecule has 94 valence electrons. The lowest BCUT2D eigenvalue weighted by Crippen LogP contribution is -2.01. The zero-order valence-electron chi connectivity index (χ0n) is 8.71. The van der Waals surface area contributed by atoms with E-state index in [9.17, 15) is 13.6 Å². The Morgan fingerprint density at radius 1 is 1.33 bits per heavy atom. The molecule has 0 bridgehead atoms. The molecule has 0 spiro atoms. The Morgan fingerprint density at radius 3 is 2.50 bits per heavy atom. The van der Waals surface area contributed by atoms with Crippen molar-refractivity contribution in [2.45, 2.75) is 6.61 Å². The minimum Gasteiger partial charge on any atom is -0.475 e. The summed E-state index contributed by atoms with van der Waals surface area (Å²) >= 11 is 0. The van der Waals surface area contributed by atoms with Crippen molar-refractivity contribution in [3.63, 3.8) is 0 Å². The Labute approximate surface area is 98.8 Å². The van der Waals surface area contributed by atoms with Crippen LogP contribution < -0.4 is 4.74 Å². The molecule has 0 fully saturated rings. The molecule has 0 amide bonds. The van der Waals surface area contributed by atoms with E-state index in [-0.39, 0.29) is 11.6 Å². The van der Waals surface area contributed by atoms with Gasteiger partial charge in [0.15, 0.2) is 0 Å². The molecule has 0 aliphatic carbocycles. The maximum atomic E-state index is 11.9. The number of carboxylic acids is 1. The number of carboxylic acid groups (broad SMARTS) is 1. The van der Waals surface area contributed by atoms with Crippen LogP contribution in [-0.4, -0.2) is 27.8 Å². The Kier molecular flexibility index (Phi) is 3.18. The molecule has 1 aromatic heterocycles. The average Bonchev–Trinajstić information content (AvgIpc) is 2.78. The molecule has 0 aliphatic heterocycles. The Bertz CT molecular complexity index is 553. The second-order valence-electron chi connectivity index (χ2n) is 3.13. The summed E-state index contributed by atoms with van der Waals surface area (Å²) in [4.78, 5) is 14.1. The highest BCUT2D eigenvalue weighted by molar-refractivity contribution is 5.83. The zero-order valence-corrected chi connectivity index (χ0v) is 8.71. The minimum absolute atomic E-state index is 0.0176. The summed E-state index contributed by atoms with van der Waals surface area (Å²) in [7, 11) is 0. The summed E-state index contributed by atoms with van der Waals surface area (Å²) in [6.45, 7) is -2.90. The molecule has 0 aliphatic rings. The Hall–Kier alpha value is -2.51. The van der Waals surface area contributed by atoms with Gasteiger partial charge in [-0.05, 0) is 29.4 Å². The molecule has 18 heavy (non-hydrogen) atoms. The van der Waals surface area contributed by atoms with Crippen LogP contribution in [0.3, 0.4) is 0 Å². The van der Waals surface area contributed by atoms with E-state index in [2.05, 4.69) is 14.9 Å². The highest BCUT2D eigenvalue weighted by Crippen LogP contribution is 2.21. The molecule has 0 radical (unpaired) electrons. The predicted molar refractivity (Wildman–Crippen MR) is 53.3 cm³/mol. The van der Waals surface area contributed by atoms with Gasteiger partial charge in [0, 0.05) is 5.56 Å². The van der Waals surface area contributed by atoms with Gasteiger partial charge in [0.25, 0.3) is 11.7 Å². The second kappa shape index (κ2) is 4.78. The topological polar surface area (TPSA) is 85.5 Å². The molecular weight excluding hydrogens is 250 g/mol. The number of halogens is 2. The Morgan fingerprint density at radius 2 is 2.00 bits per heavy atom. The van der Waals surface area contributed by atoms with Gasteiger partial charge in [-0.15, -0.1) is 0 Å². The number of ether oxygens (including phenoxy) is 1. The number of hydrogen-bond acceptors (Lipinski definition) is 5. The maximum absolute atomic E-state index is 11.9. The number of hydrogen-bond donors (Lipinski definition) is 1. The summed E-state index contributed by atoms with van der Waals surface area (Å²) < 4.78 is 32.7. The molecule has 0 saturated carbocycles. The van der Waals surface area contributed by atoms with Gasteiger partial charge in [-0.25, -0.2) is 4.79 Å². The average molecular weight is 256 g/mol. The van der Waals surface area contributed by atoms with Gasteiger partial charge >= 0.3 is 12.6 Å². The fraction of sp³-hybridized carbons (Fsp3) is 0.100. The monoisotopic (exact) mass is 256 g/mol. The highest BCUT2D eigenvalue weighted by atomic mass is 19.3. The summed E-state index contributed by atoms with van der Waals surface area (Å²) in [5, 5.41) is 11.8. The molecule has 6 nitrogen and oxygen atoms in total. The lowest BCUT2D eigenvalue weighted by Gasteiger charge is -2.03. The molecular formula is C10H6F2N2O4. The van der Waals surface area contributed by atoms with E-state index in [1.165, 1.54) is 24.3 Å². The largest absolute Gasteiger partial charge is 0.475 e. The molecule has 8 heteroatoms. The Balaban J connectivity index is 2.20. The van der Waals surface area contributed by atoms with E-state index in [4.69, 9.17) is 9.63 Å². The molecule has 1 aromatic carbocycles. The molecule has 0 saturated heterocycles. The van der Waals surface area contributed by atoms with Gasteiger partial charge in [0.05, 0.1) is 0 Å². The molecule has 1 heterocycles. The van der Waals surface area contributed by atoms with Crippen molar-refractivity contribution in [2.24, 2.45) is 0 Å². The molecule has 2 rings (SSSR count). The van der Waals surface area contributed by atoms with Crippen molar-refractivity contribution < 1.29 is 27.9 Å². The third-order valence-electron chi connectivity index (χ3n) is 1.94. The van der Waals surface area contributed by atoms with Gasteiger partial charge in [0.2, 0.25) is 0 Å². The number of nitrogens with zero attached hydrogens (tertiary/aromatic N) is 2. The zero-order chi connectivity index (χ0) is 13.1. The van der Waals surface area contributed by atoms with Crippen molar-refractivity contribution in [3.8, 4) is 17.2 Å². The van der Waals surface area contributed by atoms with E-state index in [0.29, 0.717) is 5.56 Å². The van der Waals surface area contributed by atoms with Crippen LogP contribution in [0.25, 0.3) is 11.5 Å². The van der Waals surface area contributed by atoms with Gasteiger partial charge < -0.3 is 14.4 Å². The van der Waals surface area contributed by atoms with Crippen molar-refractivity contribution >= 4 is 5.97 Å². The van der Waals surface area contributed by atoms with Crippen LogP contribution in [0.1, 0.15) is 10.6 Å². The molecule has 1 N–H and O–H groups in total. The first-order valence-corrected chi connectivity index (χ1v) is 4.68. The van der Waals surface area contributed by atoms with Crippen LogP contribution >= 0.6 is 0 Å². The van der Waals surface area contributed by atoms with Crippen LogP contribution in [0.15, 0.2) is 28.8 Å². The summed E-state index contributed by atoms with van der Waals surface area (Å²) in [6.07, 6.45) is 0. The number of aromatic carboxylic acids is 1. The van der Waals surface area contributed by atoms with E-state index >= 15 is 0 Å². The summed E-state index contributed by atoms with van der Waals surface area (Å²) in [5.41, 5.74) is 0.400. The van der Waals surface area contributed by atoms with E-state index in [1.807, 2.05) is 0 Å². The van der Waals surface area contributed by atoms with E-state index in [1.54, 1.807) is 0 Å². The maximum Gasteiger partial charge on any atom is 0.387 e. The van der Waals surface area contributed by atoms with Crippen molar-refractivity contribution in [1.82, 2.24) is 10.1 Å².